The van der Waals surface area contributed by atoms with Crippen molar-refractivity contribution < 1.29 is 23.1 Å². The van der Waals surface area contributed by atoms with Gasteiger partial charge >= 0.3 is 12.1 Å². The Bertz CT molecular complexity index is 471. The van der Waals surface area contributed by atoms with Gasteiger partial charge in [-0.15, -0.1) is 11.8 Å². The van der Waals surface area contributed by atoms with Crippen LogP contribution >= 0.6 is 11.8 Å². The van der Waals surface area contributed by atoms with Crippen LogP contribution in [-0.4, -0.2) is 16.3 Å². The summed E-state index contributed by atoms with van der Waals surface area (Å²) in [6.45, 7) is 0. The minimum Gasteiger partial charge on any atom is -0.481 e. The minimum atomic E-state index is -4.32. The van der Waals surface area contributed by atoms with Gasteiger partial charge in [0.15, 0.2) is 0 Å². The van der Waals surface area contributed by atoms with Crippen LogP contribution in [0.1, 0.15) is 24.0 Å². The zero-order chi connectivity index (χ0) is 13.3. The van der Waals surface area contributed by atoms with Gasteiger partial charge in [-0.2, -0.15) is 13.2 Å². The first-order chi connectivity index (χ1) is 8.36. The molecule has 18 heavy (non-hydrogen) atoms. The van der Waals surface area contributed by atoms with Gasteiger partial charge in [-0.25, -0.2) is 0 Å². The number of carboxylic acids is 1. The molecular weight excluding hydrogens is 265 g/mol. The highest BCUT2D eigenvalue weighted by Crippen LogP contribution is 2.41. The SMILES string of the molecule is O=C(O)CCC1Cc2cc(C(F)(F)F)ccc2S1. The van der Waals surface area contributed by atoms with E-state index in [9.17, 15) is 18.0 Å². The van der Waals surface area contributed by atoms with Crippen molar-refractivity contribution in [2.24, 2.45) is 0 Å². The van der Waals surface area contributed by atoms with Gasteiger partial charge in [-0.1, -0.05) is 0 Å². The molecule has 1 aliphatic heterocycles. The second kappa shape index (κ2) is 4.84. The van der Waals surface area contributed by atoms with E-state index in [4.69, 9.17) is 5.11 Å². The molecule has 1 unspecified atom stereocenters. The molecule has 0 bridgehead atoms. The molecule has 2 nitrogen and oxygen atoms in total. The molecule has 2 rings (SSSR count). The summed E-state index contributed by atoms with van der Waals surface area (Å²) in [6.07, 6.45) is -3.27. The highest BCUT2D eigenvalue weighted by atomic mass is 32.2. The first-order valence-electron chi connectivity index (χ1n) is 5.45. The topological polar surface area (TPSA) is 37.3 Å². The van der Waals surface area contributed by atoms with Crippen LogP contribution in [0.3, 0.4) is 0 Å². The molecule has 1 heterocycles. The number of hydrogen-bond acceptors (Lipinski definition) is 2. The van der Waals surface area contributed by atoms with Gasteiger partial charge < -0.3 is 5.11 Å². The molecule has 0 spiro atoms. The fraction of sp³-hybridized carbons (Fsp3) is 0.417. The van der Waals surface area contributed by atoms with Gasteiger partial charge in [-0.05, 0) is 36.6 Å². The zero-order valence-electron chi connectivity index (χ0n) is 9.33. The Kier molecular flexibility index (Phi) is 3.56. The van der Waals surface area contributed by atoms with Crippen molar-refractivity contribution in [3.63, 3.8) is 0 Å². The number of alkyl halides is 3. The minimum absolute atomic E-state index is 0.0534. The lowest BCUT2D eigenvalue weighted by atomic mass is 10.0. The quantitative estimate of drug-likeness (QED) is 0.916. The Hall–Kier alpha value is -1.17. The van der Waals surface area contributed by atoms with Crippen molar-refractivity contribution in [1.29, 1.82) is 0 Å². The molecule has 0 aromatic heterocycles. The van der Waals surface area contributed by atoms with Gasteiger partial charge in [-0.3, -0.25) is 4.79 Å². The average molecular weight is 276 g/mol. The van der Waals surface area contributed by atoms with E-state index in [-0.39, 0.29) is 11.7 Å². The van der Waals surface area contributed by atoms with Crippen LogP contribution in [0.5, 0.6) is 0 Å². The van der Waals surface area contributed by atoms with Gasteiger partial charge in [0.05, 0.1) is 5.56 Å². The van der Waals surface area contributed by atoms with E-state index < -0.39 is 17.7 Å². The summed E-state index contributed by atoms with van der Waals surface area (Å²) in [4.78, 5) is 11.3. The Balaban J connectivity index is 2.08. The van der Waals surface area contributed by atoms with Crippen LogP contribution in [0, 0.1) is 0 Å². The van der Waals surface area contributed by atoms with Gasteiger partial charge in [0.2, 0.25) is 0 Å². The smallest absolute Gasteiger partial charge is 0.416 e. The standard InChI is InChI=1S/C12H11F3O2S/c13-12(14,15)8-1-3-10-7(5-8)6-9(18-10)2-4-11(16)17/h1,3,5,9H,2,4,6H2,(H,16,17). The normalized spacial score (nSPS) is 18.7. The number of thioether (sulfide) groups is 1. The van der Waals surface area contributed by atoms with E-state index in [2.05, 4.69) is 0 Å². The largest absolute Gasteiger partial charge is 0.481 e. The first-order valence-corrected chi connectivity index (χ1v) is 6.33. The van der Waals surface area contributed by atoms with Crippen LogP contribution in [0.4, 0.5) is 13.2 Å². The van der Waals surface area contributed by atoms with E-state index in [1.807, 2.05) is 0 Å². The number of carboxylic acid groups (broad SMARTS) is 1. The molecule has 0 saturated carbocycles. The summed E-state index contributed by atoms with van der Waals surface area (Å²) in [5.41, 5.74) is 0.0333. The van der Waals surface area contributed by atoms with Crippen molar-refractivity contribution in [3.8, 4) is 0 Å². The zero-order valence-corrected chi connectivity index (χ0v) is 10.1. The van der Waals surface area contributed by atoms with Crippen LogP contribution in [0.15, 0.2) is 23.1 Å². The Morgan fingerprint density at radius 2 is 2.17 bits per heavy atom. The number of benzene rings is 1. The number of carbonyl (C=O) groups is 1. The number of fused-ring (bicyclic) bond motifs is 1. The third-order valence-electron chi connectivity index (χ3n) is 2.81. The maximum absolute atomic E-state index is 12.5. The van der Waals surface area contributed by atoms with Crippen LogP contribution in [-0.2, 0) is 17.4 Å². The molecule has 98 valence electrons. The molecule has 0 saturated heterocycles. The van der Waals surface area contributed by atoms with Crippen molar-refractivity contribution in [3.05, 3.63) is 29.3 Å². The monoisotopic (exact) mass is 276 g/mol. The number of rotatable bonds is 3. The van der Waals surface area contributed by atoms with E-state index in [1.165, 1.54) is 23.9 Å². The van der Waals surface area contributed by atoms with Gasteiger partial charge in [0.1, 0.15) is 0 Å². The maximum atomic E-state index is 12.5. The lowest BCUT2D eigenvalue weighted by Crippen LogP contribution is -2.06. The molecule has 1 aliphatic rings. The van der Waals surface area contributed by atoms with Crippen LogP contribution in [0.25, 0.3) is 0 Å². The molecule has 6 heteroatoms. The molecule has 1 aromatic rings. The van der Waals surface area contributed by atoms with Crippen molar-refractivity contribution in [2.45, 2.75) is 35.6 Å². The molecule has 0 radical (unpaired) electrons. The molecule has 1 atom stereocenters. The fourth-order valence-electron chi connectivity index (χ4n) is 1.94. The fourth-order valence-corrected chi connectivity index (χ4v) is 3.24. The molecular formula is C12H11F3O2S. The molecule has 0 aliphatic carbocycles. The van der Waals surface area contributed by atoms with Crippen LogP contribution in [0.2, 0.25) is 0 Å². The highest BCUT2D eigenvalue weighted by molar-refractivity contribution is 8.00. The molecule has 1 N–H and O–H groups in total. The Labute approximate surface area is 106 Å². The number of hydrogen-bond donors (Lipinski definition) is 1. The van der Waals surface area contributed by atoms with Crippen molar-refractivity contribution in [2.75, 3.05) is 0 Å². The van der Waals surface area contributed by atoms with Crippen molar-refractivity contribution in [1.82, 2.24) is 0 Å². The van der Waals surface area contributed by atoms with E-state index in [1.54, 1.807) is 0 Å². The molecule has 0 fully saturated rings. The third-order valence-corrected chi connectivity index (χ3v) is 4.20. The first kappa shape index (κ1) is 13.3. The second-order valence-electron chi connectivity index (χ2n) is 4.20. The van der Waals surface area contributed by atoms with Gasteiger partial charge in [0.25, 0.3) is 0 Å². The summed E-state index contributed by atoms with van der Waals surface area (Å²) >= 11 is 1.47. The molecule has 0 amide bonds. The summed E-state index contributed by atoms with van der Waals surface area (Å²) < 4.78 is 37.6. The Morgan fingerprint density at radius 1 is 1.44 bits per heavy atom. The van der Waals surface area contributed by atoms with E-state index >= 15 is 0 Å². The third kappa shape index (κ3) is 2.98. The summed E-state index contributed by atoms with van der Waals surface area (Å²) in [5, 5.41) is 8.65. The van der Waals surface area contributed by atoms with Crippen molar-refractivity contribution >= 4 is 17.7 Å². The van der Waals surface area contributed by atoms with Crippen LogP contribution < -0.4 is 0 Å². The number of halogens is 3. The average Bonchev–Trinajstić information content (AvgIpc) is 2.66. The second-order valence-corrected chi connectivity index (χ2v) is 5.54. The maximum Gasteiger partial charge on any atom is 0.416 e. The summed E-state index contributed by atoms with van der Waals surface area (Å²) in [6, 6.07) is 3.72. The molecule has 1 aromatic carbocycles. The lowest BCUT2D eigenvalue weighted by molar-refractivity contribution is -0.138. The summed E-state index contributed by atoms with van der Waals surface area (Å²) in [5.74, 6) is -0.873. The number of aliphatic carboxylic acids is 1. The van der Waals surface area contributed by atoms with E-state index in [0.717, 1.165) is 11.0 Å². The Morgan fingerprint density at radius 3 is 2.78 bits per heavy atom. The van der Waals surface area contributed by atoms with Gasteiger partial charge in [0, 0.05) is 16.6 Å². The van der Waals surface area contributed by atoms with E-state index in [0.29, 0.717) is 18.4 Å². The predicted molar refractivity (Wildman–Crippen MR) is 61.7 cm³/mol. The predicted octanol–water partition coefficient (Wildman–Crippen LogP) is 3.59. The lowest BCUT2D eigenvalue weighted by Gasteiger charge is -2.07. The highest BCUT2D eigenvalue weighted by Gasteiger charge is 2.32. The summed E-state index contributed by atoms with van der Waals surface area (Å²) in [7, 11) is 0.